The Morgan fingerprint density at radius 3 is 2.35 bits per heavy atom. The molecular weight excluding hydrogens is 238 g/mol. The Kier molecular flexibility index (Phi) is 3.61. The second-order valence-electron chi connectivity index (χ2n) is 3.73. The van der Waals surface area contributed by atoms with Gasteiger partial charge in [-0.15, -0.1) is 12.4 Å². The van der Waals surface area contributed by atoms with Crippen LogP contribution in [0.4, 0.5) is 0 Å². The fourth-order valence-electron chi connectivity index (χ4n) is 1.62. The van der Waals surface area contributed by atoms with Gasteiger partial charge in [0.2, 0.25) is 0 Å². The molecule has 0 atom stereocenters. The topological polar surface area (TPSA) is 63.6 Å². The first kappa shape index (κ1) is 11.9. The molecule has 0 amide bonds. The van der Waals surface area contributed by atoms with Crippen molar-refractivity contribution in [1.82, 2.24) is 25.3 Å². The molecule has 3 heterocycles. The molecule has 6 heteroatoms. The van der Waals surface area contributed by atoms with Crippen LogP contribution in [0, 0.1) is 0 Å². The minimum atomic E-state index is 0. The minimum Gasteiger partial charge on any atom is -0.315 e. The Labute approximate surface area is 105 Å². The van der Waals surface area contributed by atoms with E-state index >= 15 is 0 Å². The first-order valence-corrected chi connectivity index (χ1v) is 5.24. The largest absolute Gasteiger partial charge is 0.315 e. The van der Waals surface area contributed by atoms with E-state index in [1.807, 2.05) is 6.07 Å². The molecule has 0 aromatic carbocycles. The Balaban J connectivity index is 0.00000108. The lowest BCUT2D eigenvalue weighted by Gasteiger charge is -2.26. The molecule has 1 fully saturated rings. The van der Waals surface area contributed by atoms with Crippen LogP contribution in [0.25, 0.3) is 11.6 Å². The lowest BCUT2D eigenvalue weighted by Crippen LogP contribution is -2.40. The third kappa shape index (κ3) is 2.40. The van der Waals surface area contributed by atoms with E-state index < -0.39 is 0 Å². The van der Waals surface area contributed by atoms with Crippen LogP contribution in [0.15, 0.2) is 30.7 Å². The summed E-state index contributed by atoms with van der Waals surface area (Å²) in [4.78, 5) is 17.0. The highest BCUT2D eigenvalue weighted by Gasteiger charge is 2.20. The SMILES string of the molecule is Cl.c1cnc(-c2nccc(C3CNC3)n2)nc1. The second kappa shape index (κ2) is 5.16. The molecule has 1 saturated heterocycles. The number of hydrogen-bond donors (Lipinski definition) is 1. The monoisotopic (exact) mass is 249 g/mol. The predicted molar refractivity (Wildman–Crippen MR) is 65.9 cm³/mol. The third-order valence-electron chi connectivity index (χ3n) is 2.64. The highest BCUT2D eigenvalue weighted by atomic mass is 35.5. The summed E-state index contributed by atoms with van der Waals surface area (Å²) in [6, 6.07) is 3.74. The molecule has 2 aromatic rings. The summed E-state index contributed by atoms with van der Waals surface area (Å²) in [5, 5.41) is 3.23. The number of nitrogens with one attached hydrogen (secondary N) is 1. The van der Waals surface area contributed by atoms with Crippen LogP contribution < -0.4 is 5.32 Å². The van der Waals surface area contributed by atoms with Crippen molar-refractivity contribution >= 4 is 12.4 Å². The van der Waals surface area contributed by atoms with Crippen molar-refractivity contribution in [2.24, 2.45) is 0 Å². The Morgan fingerprint density at radius 2 is 1.71 bits per heavy atom. The van der Waals surface area contributed by atoms with E-state index in [2.05, 4.69) is 25.3 Å². The Bertz CT molecular complexity index is 486. The maximum Gasteiger partial charge on any atom is 0.197 e. The van der Waals surface area contributed by atoms with Gasteiger partial charge in [-0.2, -0.15) is 0 Å². The summed E-state index contributed by atoms with van der Waals surface area (Å²) >= 11 is 0. The molecule has 1 aliphatic heterocycles. The molecule has 0 unspecified atom stereocenters. The van der Waals surface area contributed by atoms with E-state index in [1.165, 1.54) is 0 Å². The van der Waals surface area contributed by atoms with Gasteiger partial charge in [-0.25, -0.2) is 19.9 Å². The summed E-state index contributed by atoms with van der Waals surface area (Å²) < 4.78 is 0. The van der Waals surface area contributed by atoms with E-state index in [4.69, 9.17) is 0 Å². The van der Waals surface area contributed by atoms with Crippen LogP contribution in [0.1, 0.15) is 11.6 Å². The smallest absolute Gasteiger partial charge is 0.197 e. The van der Waals surface area contributed by atoms with Crippen molar-refractivity contribution in [2.45, 2.75) is 5.92 Å². The standard InChI is InChI=1S/C11H11N5.ClH/c1-3-13-10(14-4-1)11-15-5-2-9(16-11)8-6-12-7-8;/h1-5,8,12H,6-7H2;1H. The van der Waals surface area contributed by atoms with Crippen LogP contribution in [0.2, 0.25) is 0 Å². The average molecular weight is 250 g/mol. The number of hydrogen-bond acceptors (Lipinski definition) is 5. The van der Waals surface area contributed by atoms with Crippen molar-refractivity contribution in [2.75, 3.05) is 13.1 Å². The molecule has 1 aliphatic rings. The molecule has 0 saturated carbocycles. The maximum atomic E-state index is 4.49. The van der Waals surface area contributed by atoms with Crippen LogP contribution in [0.5, 0.6) is 0 Å². The summed E-state index contributed by atoms with van der Waals surface area (Å²) in [5.41, 5.74) is 1.07. The van der Waals surface area contributed by atoms with E-state index in [0.29, 0.717) is 17.6 Å². The van der Waals surface area contributed by atoms with Gasteiger partial charge >= 0.3 is 0 Å². The lowest BCUT2D eigenvalue weighted by atomic mass is 9.99. The molecule has 5 nitrogen and oxygen atoms in total. The third-order valence-corrected chi connectivity index (χ3v) is 2.64. The lowest BCUT2D eigenvalue weighted by molar-refractivity contribution is 0.439. The Morgan fingerprint density at radius 1 is 1.00 bits per heavy atom. The number of rotatable bonds is 2. The van der Waals surface area contributed by atoms with Crippen molar-refractivity contribution < 1.29 is 0 Å². The Hall–Kier alpha value is -1.59. The molecule has 0 radical (unpaired) electrons. The molecule has 17 heavy (non-hydrogen) atoms. The van der Waals surface area contributed by atoms with E-state index in [0.717, 1.165) is 18.8 Å². The highest BCUT2D eigenvalue weighted by Crippen LogP contribution is 2.18. The first-order chi connectivity index (χ1) is 7.93. The number of nitrogens with zero attached hydrogens (tertiary/aromatic N) is 4. The van der Waals surface area contributed by atoms with E-state index in [9.17, 15) is 0 Å². The van der Waals surface area contributed by atoms with Gasteiger partial charge in [0, 0.05) is 37.6 Å². The van der Waals surface area contributed by atoms with Crippen molar-refractivity contribution in [3.63, 3.8) is 0 Å². The van der Waals surface area contributed by atoms with Gasteiger partial charge in [0.05, 0.1) is 5.69 Å². The zero-order chi connectivity index (χ0) is 10.8. The maximum absolute atomic E-state index is 4.49. The molecule has 3 rings (SSSR count). The van der Waals surface area contributed by atoms with Gasteiger partial charge in [-0.3, -0.25) is 0 Å². The molecule has 0 spiro atoms. The first-order valence-electron chi connectivity index (χ1n) is 5.24. The van der Waals surface area contributed by atoms with Gasteiger partial charge in [-0.05, 0) is 12.1 Å². The zero-order valence-corrected chi connectivity index (χ0v) is 9.89. The van der Waals surface area contributed by atoms with Crippen molar-refractivity contribution in [3.05, 3.63) is 36.4 Å². The fourth-order valence-corrected chi connectivity index (χ4v) is 1.62. The summed E-state index contributed by atoms with van der Waals surface area (Å²) in [7, 11) is 0. The second-order valence-corrected chi connectivity index (χ2v) is 3.73. The molecule has 0 bridgehead atoms. The summed E-state index contributed by atoms with van der Waals surface area (Å²) in [5.74, 6) is 1.69. The summed E-state index contributed by atoms with van der Waals surface area (Å²) in [6.45, 7) is 1.98. The number of aromatic nitrogens is 4. The van der Waals surface area contributed by atoms with Crippen LogP contribution in [-0.2, 0) is 0 Å². The van der Waals surface area contributed by atoms with Gasteiger partial charge < -0.3 is 5.32 Å². The normalized spacial score (nSPS) is 14.8. The molecule has 2 aromatic heterocycles. The zero-order valence-electron chi connectivity index (χ0n) is 9.08. The van der Waals surface area contributed by atoms with Gasteiger partial charge in [0.1, 0.15) is 0 Å². The fraction of sp³-hybridized carbons (Fsp3) is 0.273. The molecule has 1 N–H and O–H groups in total. The van der Waals surface area contributed by atoms with Crippen LogP contribution in [0.3, 0.4) is 0 Å². The van der Waals surface area contributed by atoms with E-state index in [-0.39, 0.29) is 12.4 Å². The van der Waals surface area contributed by atoms with Crippen molar-refractivity contribution in [1.29, 1.82) is 0 Å². The van der Waals surface area contributed by atoms with Gasteiger partial charge in [0.15, 0.2) is 11.6 Å². The van der Waals surface area contributed by atoms with Crippen LogP contribution in [-0.4, -0.2) is 33.0 Å². The van der Waals surface area contributed by atoms with Gasteiger partial charge in [-0.1, -0.05) is 0 Å². The number of halogens is 1. The predicted octanol–water partition coefficient (Wildman–Crippen LogP) is 1.04. The van der Waals surface area contributed by atoms with Crippen molar-refractivity contribution in [3.8, 4) is 11.6 Å². The van der Waals surface area contributed by atoms with E-state index in [1.54, 1.807) is 24.7 Å². The van der Waals surface area contributed by atoms with Crippen LogP contribution >= 0.6 is 12.4 Å². The van der Waals surface area contributed by atoms with Gasteiger partial charge in [0.25, 0.3) is 0 Å². The average Bonchev–Trinajstić information content (AvgIpc) is 2.28. The molecule has 88 valence electrons. The highest BCUT2D eigenvalue weighted by molar-refractivity contribution is 5.85. The summed E-state index contributed by atoms with van der Waals surface area (Å²) in [6.07, 6.45) is 5.17. The minimum absolute atomic E-state index is 0. The quantitative estimate of drug-likeness (QED) is 0.862. The molecular formula is C11H12ClN5. The molecule has 0 aliphatic carbocycles.